The molecule has 3 heterocycles. The van der Waals surface area contributed by atoms with Gasteiger partial charge < -0.3 is 14.9 Å². The number of carbonyl (C=O) groups is 1. The average molecular weight is 380 g/mol. The first-order valence-electron chi connectivity index (χ1n) is 9.50. The van der Waals surface area contributed by atoms with Crippen molar-refractivity contribution in [2.45, 2.75) is 26.7 Å². The summed E-state index contributed by atoms with van der Waals surface area (Å²) >= 11 is 0. The highest BCUT2D eigenvalue weighted by Crippen LogP contribution is 2.20. The smallest absolute Gasteiger partial charge is 0.252 e. The van der Waals surface area contributed by atoms with Crippen LogP contribution in [0.15, 0.2) is 30.6 Å². The Hall–Kier alpha value is -3.16. The molecule has 1 aromatic carbocycles. The normalized spacial score (nSPS) is 14.6. The van der Waals surface area contributed by atoms with Crippen LogP contribution >= 0.6 is 0 Å². The Morgan fingerprint density at radius 1 is 1.11 bits per heavy atom. The van der Waals surface area contributed by atoms with E-state index >= 15 is 0 Å². The highest BCUT2D eigenvalue weighted by Gasteiger charge is 2.22. The maximum absolute atomic E-state index is 12.7. The summed E-state index contributed by atoms with van der Waals surface area (Å²) in [5, 5.41) is 13.6. The van der Waals surface area contributed by atoms with E-state index in [-0.39, 0.29) is 11.7 Å². The fourth-order valence-electron chi connectivity index (χ4n) is 3.78. The molecular weight excluding hydrogens is 356 g/mol. The molecule has 0 atom stereocenters. The van der Waals surface area contributed by atoms with Crippen molar-refractivity contribution < 1.29 is 9.90 Å². The van der Waals surface area contributed by atoms with E-state index in [4.69, 9.17) is 0 Å². The molecule has 1 saturated heterocycles. The van der Waals surface area contributed by atoms with Gasteiger partial charge in [0.2, 0.25) is 5.91 Å². The second kappa shape index (κ2) is 7.46. The minimum atomic E-state index is 0.169. The molecule has 146 valence electrons. The largest absolute Gasteiger partial charge is 0.508 e. The summed E-state index contributed by atoms with van der Waals surface area (Å²) in [6.45, 7) is 6.95. The van der Waals surface area contributed by atoms with Gasteiger partial charge in [0, 0.05) is 49.7 Å². The van der Waals surface area contributed by atoms with E-state index in [1.807, 2.05) is 30.9 Å². The molecule has 0 unspecified atom stereocenters. The van der Waals surface area contributed by atoms with Crippen LogP contribution in [-0.4, -0.2) is 61.7 Å². The molecular formula is C20H24N6O2. The van der Waals surface area contributed by atoms with E-state index in [2.05, 4.69) is 20.0 Å². The van der Waals surface area contributed by atoms with Crippen LogP contribution in [0.1, 0.15) is 23.4 Å². The number of nitrogens with zero attached hydrogens (tertiary/aromatic N) is 6. The molecule has 8 nitrogen and oxygen atoms in total. The minimum Gasteiger partial charge on any atom is -0.508 e. The summed E-state index contributed by atoms with van der Waals surface area (Å²) in [4.78, 5) is 25.5. The van der Waals surface area contributed by atoms with Gasteiger partial charge in [-0.05, 0) is 50.1 Å². The molecule has 0 spiro atoms. The average Bonchev–Trinajstić information content (AvgIpc) is 3.17. The molecule has 3 aromatic rings. The number of amides is 1. The lowest BCUT2D eigenvalue weighted by Crippen LogP contribution is -2.48. The SMILES string of the molecule is Cc1nc2ncnn2c(C)c1CCC(=O)N1CCN(c2ccc(O)cc2)CC1. The summed E-state index contributed by atoms with van der Waals surface area (Å²) in [5.41, 5.74) is 4.03. The molecule has 1 aliphatic heterocycles. The summed E-state index contributed by atoms with van der Waals surface area (Å²) in [7, 11) is 0. The number of benzene rings is 1. The fourth-order valence-corrected chi connectivity index (χ4v) is 3.78. The lowest BCUT2D eigenvalue weighted by molar-refractivity contribution is -0.131. The van der Waals surface area contributed by atoms with Crippen molar-refractivity contribution in [3.8, 4) is 5.75 Å². The number of hydrogen-bond acceptors (Lipinski definition) is 6. The van der Waals surface area contributed by atoms with Gasteiger partial charge in [0.25, 0.3) is 5.78 Å². The number of phenolic OH excluding ortho intramolecular Hbond substituents is 1. The van der Waals surface area contributed by atoms with Gasteiger partial charge in [-0.2, -0.15) is 10.1 Å². The lowest BCUT2D eigenvalue weighted by Gasteiger charge is -2.36. The lowest BCUT2D eigenvalue weighted by atomic mass is 10.1. The minimum absolute atomic E-state index is 0.169. The quantitative estimate of drug-likeness (QED) is 0.742. The maximum Gasteiger partial charge on any atom is 0.252 e. The Kier molecular flexibility index (Phi) is 4.85. The summed E-state index contributed by atoms with van der Waals surface area (Å²) < 4.78 is 1.73. The first-order valence-corrected chi connectivity index (χ1v) is 9.50. The first-order chi connectivity index (χ1) is 13.5. The van der Waals surface area contributed by atoms with Crippen LogP contribution in [0.2, 0.25) is 0 Å². The van der Waals surface area contributed by atoms with Crippen molar-refractivity contribution in [3.05, 3.63) is 47.5 Å². The fraction of sp³-hybridized carbons (Fsp3) is 0.400. The number of rotatable bonds is 4. The van der Waals surface area contributed by atoms with Crippen molar-refractivity contribution in [1.29, 1.82) is 0 Å². The highest BCUT2D eigenvalue weighted by molar-refractivity contribution is 5.77. The monoisotopic (exact) mass is 380 g/mol. The predicted molar refractivity (Wildman–Crippen MR) is 105 cm³/mol. The number of anilines is 1. The van der Waals surface area contributed by atoms with Crippen molar-refractivity contribution >= 4 is 17.4 Å². The van der Waals surface area contributed by atoms with Crippen molar-refractivity contribution in [1.82, 2.24) is 24.5 Å². The number of aromatic nitrogens is 4. The second-order valence-electron chi connectivity index (χ2n) is 7.12. The van der Waals surface area contributed by atoms with Gasteiger partial charge in [-0.1, -0.05) is 0 Å². The number of piperazine rings is 1. The number of carbonyl (C=O) groups excluding carboxylic acids is 1. The molecule has 0 saturated carbocycles. The first kappa shape index (κ1) is 18.2. The van der Waals surface area contributed by atoms with E-state index in [1.165, 1.54) is 6.33 Å². The Labute approximate surface area is 163 Å². The topological polar surface area (TPSA) is 86.9 Å². The summed E-state index contributed by atoms with van der Waals surface area (Å²) in [6, 6.07) is 7.20. The van der Waals surface area contributed by atoms with Gasteiger partial charge in [-0.25, -0.2) is 9.50 Å². The molecule has 1 N–H and O–H groups in total. The third-order valence-electron chi connectivity index (χ3n) is 5.42. The summed E-state index contributed by atoms with van der Waals surface area (Å²) in [5.74, 6) is 1.03. The van der Waals surface area contributed by atoms with Crippen molar-refractivity contribution in [2.24, 2.45) is 0 Å². The third-order valence-corrected chi connectivity index (χ3v) is 5.42. The van der Waals surface area contributed by atoms with Gasteiger partial charge in [0.1, 0.15) is 12.1 Å². The standard InChI is InChI=1S/C20H24N6O2/c1-14-18(15(2)26-20(23-14)21-13-22-26)7-8-19(28)25-11-9-24(10-12-25)16-3-5-17(27)6-4-16/h3-6,13,27H,7-12H2,1-2H3. The van der Waals surface area contributed by atoms with Gasteiger partial charge in [-0.3, -0.25) is 4.79 Å². The molecule has 4 rings (SSSR count). The molecule has 0 bridgehead atoms. The Balaban J connectivity index is 1.36. The van der Waals surface area contributed by atoms with Crippen molar-refractivity contribution in [2.75, 3.05) is 31.1 Å². The van der Waals surface area contributed by atoms with Gasteiger partial charge in [-0.15, -0.1) is 0 Å². The number of fused-ring (bicyclic) bond motifs is 1. The highest BCUT2D eigenvalue weighted by atomic mass is 16.3. The summed E-state index contributed by atoms with van der Waals surface area (Å²) in [6.07, 6.45) is 2.61. The molecule has 0 radical (unpaired) electrons. The van der Waals surface area contributed by atoms with Crippen LogP contribution in [0.25, 0.3) is 5.78 Å². The van der Waals surface area contributed by atoms with Crippen LogP contribution in [0, 0.1) is 13.8 Å². The zero-order chi connectivity index (χ0) is 19.7. The number of phenols is 1. The van der Waals surface area contributed by atoms with Crippen LogP contribution < -0.4 is 4.90 Å². The van der Waals surface area contributed by atoms with Crippen LogP contribution in [-0.2, 0) is 11.2 Å². The Morgan fingerprint density at radius 3 is 2.54 bits per heavy atom. The maximum atomic E-state index is 12.7. The molecule has 2 aromatic heterocycles. The molecule has 1 aliphatic rings. The van der Waals surface area contributed by atoms with Gasteiger partial charge in [0.15, 0.2) is 0 Å². The van der Waals surface area contributed by atoms with E-state index in [0.29, 0.717) is 31.7 Å². The van der Waals surface area contributed by atoms with E-state index in [9.17, 15) is 9.90 Å². The zero-order valence-electron chi connectivity index (χ0n) is 16.2. The molecule has 28 heavy (non-hydrogen) atoms. The van der Waals surface area contributed by atoms with Crippen molar-refractivity contribution in [3.63, 3.8) is 0 Å². The van der Waals surface area contributed by atoms with E-state index in [0.717, 1.165) is 35.7 Å². The number of aromatic hydroxyl groups is 1. The van der Waals surface area contributed by atoms with Crippen LogP contribution in [0.4, 0.5) is 5.69 Å². The van der Waals surface area contributed by atoms with Gasteiger partial charge >= 0.3 is 0 Å². The molecule has 8 heteroatoms. The molecule has 1 fully saturated rings. The van der Waals surface area contributed by atoms with Gasteiger partial charge in [0.05, 0.1) is 0 Å². The Morgan fingerprint density at radius 2 is 1.82 bits per heavy atom. The Bertz CT molecular complexity index is 990. The zero-order valence-corrected chi connectivity index (χ0v) is 16.2. The second-order valence-corrected chi connectivity index (χ2v) is 7.12. The third kappa shape index (κ3) is 3.49. The molecule has 1 amide bonds. The predicted octanol–water partition coefficient (Wildman–Crippen LogP) is 1.73. The molecule has 0 aliphatic carbocycles. The van der Waals surface area contributed by atoms with Crippen LogP contribution in [0.3, 0.4) is 0 Å². The van der Waals surface area contributed by atoms with E-state index in [1.54, 1.807) is 16.6 Å². The number of aryl methyl sites for hydroxylation is 2. The van der Waals surface area contributed by atoms with Crippen LogP contribution in [0.5, 0.6) is 5.75 Å². The van der Waals surface area contributed by atoms with E-state index < -0.39 is 0 Å². The number of hydrogen-bond donors (Lipinski definition) is 1.